The van der Waals surface area contributed by atoms with Gasteiger partial charge in [-0.15, -0.1) is 22.6 Å². The zero-order chi connectivity index (χ0) is 16.4. The molecule has 0 aliphatic carbocycles. The van der Waals surface area contributed by atoms with Gasteiger partial charge in [0, 0.05) is 24.7 Å². The fourth-order valence-electron chi connectivity index (χ4n) is 2.87. The highest BCUT2D eigenvalue weighted by Crippen LogP contribution is 2.22. The molecular formula is C16H23ClN6O. The van der Waals surface area contributed by atoms with Crippen LogP contribution in [0.4, 0.5) is 0 Å². The number of aromatic nitrogens is 4. The van der Waals surface area contributed by atoms with Gasteiger partial charge in [0.1, 0.15) is 0 Å². The van der Waals surface area contributed by atoms with E-state index in [0.717, 1.165) is 12.0 Å². The van der Waals surface area contributed by atoms with Gasteiger partial charge in [0.15, 0.2) is 6.04 Å². The van der Waals surface area contributed by atoms with Crippen LogP contribution in [0.3, 0.4) is 0 Å². The number of likely N-dealkylation sites (tertiary alicyclic amines) is 1. The van der Waals surface area contributed by atoms with E-state index in [4.69, 9.17) is 5.73 Å². The number of halogens is 1. The van der Waals surface area contributed by atoms with Gasteiger partial charge >= 0.3 is 0 Å². The number of rotatable bonds is 4. The summed E-state index contributed by atoms with van der Waals surface area (Å²) in [5.74, 6) is 0.615. The standard InChI is InChI=1S/C16H22N6O.ClH/c1-11(2)14(16(23)21-9-8-13(17)10-21)22-19-15(18-20-22)12-6-4-3-5-7-12;/h3-7,11,13-14H,8-10,17H2,1-2H3;1H/t13-,14?;/m1./s1. The maximum absolute atomic E-state index is 12.8. The Morgan fingerprint density at radius 2 is 2.00 bits per heavy atom. The zero-order valence-electron chi connectivity index (χ0n) is 13.9. The van der Waals surface area contributed by atoms with E-state index >= 15 is 0 Å². The third kappa shape index (κ3) is 3.73. The maximum Gasteiger partial charge on any atom is 0.249 e. The second kappa shape index (κ2) is 7.72. The first-order chi connectivity index (χ1) is 11.1. The molecule has 2 aromatic rings. The molecule has 7 nitrogen and oxygen atoms in total. The Bertz CT molecular complexity index is 674. The van der Waals surface area contributed by atoms with E-state index in [2.05, 4.69) is 15.4 Å². The fourth-order valence-corrected chi connectivity index (χ4v) is 2.87. The topological polar surface area (TPSA) is 89.9 Å². The normalized spacial score (nSPS) is 18.5. The Balaban J connectivity index is 0.00000208. The van der Waals surface area contributed by atoms with E-state index in [0.29, 0.717) is 18.9 Å². The number of hydrogen-bond donors (Lipinski definition) is 1. The molecule has 1 aromatic heterocycles. The van der Waals surface area contributed by atoms with Gasteiger partial charge in [-0.1, -0.05) is 44.2 Å². The molecule has 0 spiro atoms. The van der Waals surface area contributed by atoms with Crippen molar-refractivity contribution in [3.63, 3.8) is 0 Å². The Morgan fingerprint density at radius 1 is 1.29 bits per heavy atom. The highest BCUT2D eigenvalue weighted by molar-refractivity contribution is 5.85. The van der Waals surface area contributed by atoms with Gasteiger partial charge in [0.05, 0.1) is 0 Å². The van der Waals surface area contributed by atoms with Crippen molar-refractivity contribution in [2.24, 2.45) is 11.7 Å². The van der Waals surface area contributed by atoms with E-state index in [1.54, 1.807) is 4.90 Å². The van der Waals surface area contributed by atoms with Gasteiger partial charge in [0.25, 0.3) is 0 Å². The van der Waals surface area contributed by atoms with Crippen molar-refractivity contribution in [3.05, 3.63) is 30.3 Å². The molecule has 130 valence electrons. The molecular weight excluding hydrogens is 328 g/mol. The van der Waals surface area contributed by atoms with E-state index in [1.807, 2.05) is 44.2 Å². The van der Waals surface area contributed by atoms with E-state index in [1.165, 1.54) is 4.80 Å². The molecule has 1 aromatic carbocycles. The summed E-state index contributed by atoms with van der Waals surface area (Å²) >= 11 is 0. The lowest BCUT2D eigenvalue weighted by molar-refractivity contribution is -0.135. The van der Waals surface area contributed by atoms with Gasteiger partial charge in [-0.25, -0.2) is 0 Å². The molecule has 3 rings (SSSR count). The monoisotopic (exact) mass is 350 g/mol. The van der Waals surface area contributed by atoms with Crippen molar-refractivity contribution in [2.45, 2.75) is 32.4 Å². The highest BCUT2D eigenvalue weighted by Gasteiger charge is 2.34. The van der Waals surface area contributed by atoms with Gasteiger partial charge in [-0.2, -0.15) is 4.80 Å². The number of tetrazole rings is 1. The fraction of sp³-hybridized carbons (Fsp3) is 0.500. The molecule has 0 radical (unpaired) electrons. The average molecular weight is 351 g/mol. The van der Waals surface area contributed by atoms with Crippen LogP contribution in [-0.2, 0) is 4.79 Å². The van der Waals surface area contributed by atoms with Crippen LogP contribution in [0, 0.1) is 5.92 Å². The molecule has 2 N–H and O–H groups in total. The summed E-state index contributed by atoms with van der Waals surface area (Å²) in [7, 11) is 0. The van der Waals surface area contributed by atoms with Crippen LogP contribution in [0.5, 0.6) is 0 Å². The third-order valence-corrected chi connectivity index (χ3v) is 4.13. The van der Waals surface area contributed by atoms with Gasteiger partial charge < -0.3 is 10.6 Å². The van der Waals surface area contributed by atoms with Crippen LogP contribution < -0.4 is 5.73 Å². The second-order valence-corrected chi connectivity index (χ2v) is 6.32. The van der Waals surface area contributed by atoms with Gasteiger partial charge in [0.2, 0.25) is 11.7 Å². The molecule has 24 heavy (non-hydrogen) atoms. The summed E-state index contributed by atoms with van der Waals surface area (Å²) in [5, 5.41) is 12.7. The van der Waals surface area contributed by atoms with Crippen molar-refractivity contribution in [1.29, 1.82) is 0 Å². The Morgan fingerprint density at radius 3 is 2.58 bits per heavy atom. The molecule has 1 aliphatic heterocycles. The lowest BCUT2D eigenvalue weighted by Crippen LogP contribution is -2.40. The van der Waals surface area contributed by atoms with Crippen LogP contribution in [0.1, 0.15) is 26.3 Å². The van der Waals surface area contributed by atoms with Crippen molar-refractivity contribution >= 4 is 18.3 Å². The largest absolute Gasteiger partial charge is 0.339 e. The summed E-state index contributed by atoms with van der Waals surface area (Å²) in [6, 6.07) is 9.24. The van der Waals surface area contributed by atoms with E-state index in [-0.39, 0.29) is 30.3 Å². The molecule has 0 saturated carbocycles. The quantitative estimate of drug-likeness (QED) is 0.902. The molecule has 1 saturated heterocycles. The number of carbonyl (C=O) groups is 1. The number of amides is 1. The number of nitrogens with two attached hydrogens (primary N) is 1. The molecule has 2 heterocycles. The first-order valence-corrected chi connectivity index (χ1v) is 7.95. The molecule has 1 aliphatic rings. The number of hydrogen-bond acceptors (Lipinski definition) is 5. The molecule has 8 heteroatoms. The molecule has 0 bridgehead atoms. The summed E-state index contributed by atoms with van der Waals surface area (Å²) in [5.41, 5.74) is 6.80. The van der Waals surface area contributed by atoms with Crippen molar-refractivity contribution < 1.29 is 4.79 Å². The lowest BCUT2D eigenvalue weighted by Gasteiger charge is -2.24. The minimum absolute atomic E-state index is 0. The van der Waals surface area contributed by atoms with Crippen molar-refractivity contribution in [1.82, 2.24) is 25.1 Å². The molecule has 1 unspecified atom stereocenters. The first-order valence-electron chi connectivity index (χ1n) is 7.95. The predicted octanol–water partition coefficient (Wildman–Crippen LogP) is 1.52. The predicted molar refractivity (Wildman–Crippen MR) is 93.5 cm³/mol. The van der Waals surface area contributed by atoms with Crippen LogP contribution in [-0.4, -0.2) is 50.1 Å². The Kier molecular flexibility index (Phi) is 5.90. The summed E-state index contributed by atoms with van der Waals surface area (Å²) in [4.78, 5) is 16.1. The molecule has 2 atom stereocenters. The van der Waals surface area contributed by atoms with Gasteiger partial charge in [-0.05, 0) is 17.6 Å². The lowest BCUT2D eigenvalue weighted by atomic mass is 10.0. The smallest absolute Gasteiger partial charge is 0.249 e. The molecule has 1 fully saturated rings. The van der Waals surface area contributed by atoms with E-state index < -0.39 is 6.04 Å². The second-order valence-electron chi connectivity index (χ2n) is 6.32. The minimum atomic E-state index is -0.453. The number of nitrogens with zero attached hydrogens (tertiary/aromatic N) is 5. The average Bonchev–Trinajstić information content (AvgIpc) is 3.17. The van der Waals surface area contributed by atoms with Crippen molar-refractivity contribution in [3.8, 4) is 11.4 Å². The summed E-state index contributed by atoms with van der Waals surface area (Å²) < 4.78 is 0. The van der Waals surface area contributed by atoms with Crippen LogP contribution in [0.25, 0.3) is 11.4 Å². The summed E-state index contributed by atoms with van der Waals surface area (Å²) in [6.45, 7) is 5.28. The van der Waals surface area contributed by atoms with Crippen LogP contribution in [0.2, 0.25) is 0 Å². The molecule has 1 amide bonds. The van der Waals surface area contributed by atoms with Crippen molar-refractivity contribution in [2.75, 3.05) is 13.1 Å². The number of benzene rings is 1. The van der Waals surface area contributed by atoms with Crippen LogP contribution in [0.15, 0.2) is 30.3 Å². The Labute approximate surface area is 147 Å². The van der Waals surface area contributed by atoms with E-state index in [9.17, 15) is 4.79 Å². The third-order valence-electron chi connectivity index (χ3n) is 4.13. The summed E-state index contributed by atoms with van der Waals surface area (Å²) in [6.07, 6.45) is 0.844. The minimum Gasteiger partial charge on any atom is -0.339 e. The SMILES string of the molecule is CC(C)C(C(=O)N1CC[C@@H](N)C1)n1nnc(-c2ccccc2)n1.Cl. The number of carbonyl (C=O) groups excluding carboxylic acids is 1. The first kappa shape index (κ1) is 18.4. The zero-order valence-corrected chi connectivity index (χ0v) is 14.7. The van der Waals surface area contributed by atoms with Crippen LogP contribution >= 0.6 is 12.4 Å². The van der Waals surface area contributed by atoms with Gasteiger partial charge in [-0.3, -0.25) is 4.79 Å². The highest BCUT2D eigenvalue weighted by atomic mass is 35.5. The Hall–Kier alpha value is -1.99. The maximum atomic E-state index is 12.8.